The van der Waals surface area contributed by atoms with Crippen LogP contribution in [0.3, 0.4) is 0 Å². The molecule has 1 aromatic heterocycles. The highest BCUT2D eigenvalue weighted by Gasteiger charge is 2.37. The molecule has 166 valence electrons. The molecule has 5 nitrogen and oxygen atoms in total. The van der Waals surface area contributed by atoms with Gasteiger partial charge in [0.15, 0.2) is 5.96 Å². The topological polar surface area (TPSA) is 46.1 Å². The van der Waals surface area contributed by atoms with E-state index in [-0.39, 0.29) is 29.4 Å². The molecular weight excluding hydrogens is 509 g/mol. The van der Waals surface area contributed by atoms with Crippen molar-refractivity contribution in [2.45, 2.75) is 31.6 Å². The van der Waals surface area contributed by atoms with Crippen LogP contribution in [0.25, 0.3) is 0 Å². The minimum Gasteiger partial charge on any atom is -0.496 e. The Morgan fingerprint density at radius 1 is 1.30 bits per heavy atom. The van der Waals surface area contributed by atoms with Crippen molar-refractivity contribution < 1.29 is 9.47 Å². The molecule has 0 saturated carbocycles. The molecule has 0 bridgehead atoms. The lowest BCUT2D eigenvalue weighted by molar-refractivity contribution is 0.0503. The first kappa shape index (κ1) is 24.9. The molecule has 3 rings (SSSR count). The van der Waals surface area contributed by atoms with E-state index in [1.54, 1.807) is 7.11 Å². The van der Waals surface area contributed by atoms with Gasteiger partial charge in [0.05, 0.1) is 7.11 Å². The van der Waals surface area contributed by atoms with Gasteiger partial charge in [-0.25, -0.2) is 0 Å². The summed E-state index contributed by atoms with van der Waals surface area (Å²) < 4.78 is 11.4. The summed E-state index contributed by atoms with van der Waals surface area (Å²) >= 11 is 1.81. The van der Waals surface area contributed by atoms with E-state index in [0.29, 0.717) is 0 Å². The Morgan fingerprint density at radius 2 is 2.07 bits per heavy atom. The molecule has 7 heteroatoms. The van der Waals surface area contributed by atoms with Crippen LogP contribution in [-0.2, 0) is 16.6 Å². The van der Waals surface area contributed by atoms with E-state index in [4.69, 9.17) is 9.47 Å². The number of aryl methyl sites for hydroxylation is 1. The number of benzene rings is 1. The molecule has 0 aliphatic carbocycles. The van der Waals surface area contributed by atoms with Crippen LogP contribution in [0.4, 0.5) is 0 Å². The number of thiophene rings is 1. The molecule has 1 fully saturated rings. The zero-order chi connectivity index (χ0) is 20.7. The van der Waals surface area contributed by atoms with Gasteiger partial charge in [-0.15, -0.1) is 35.3 Å². The lowest BCUT2D eigenvalue weighted by Gasteiger charge is -2.39. The van der Waals surface area contributed by atoms with Crippen LogP contribution in [0.5, 0.6) is 5.75 Å². The minimum absolute atomic E-state index is 0. The Kier molecular flexibility index (Phi) is 9.90. The zero-order valence-electron chi connectivity index (χ0n) is 18.4. The zero-order valence-corrected chi connectivity index (χ0v) is 21.6. The van der Waals surface area contributed by atoms with Crippen molar-refractivity contribution in [3.8, 4) is 5.75 Å². The fourth-order valence-corrected chi connectivity index (χ4v) is 4.71. The predicted octanol–water partition coefficient (Wildman–Crippen LogP) is 4.48. The van der Waals surface area contributed by atoms with Gasteiger partial charge >= 0.3 is 0 Å². The van der Waals surface area contributed by atoms with Crippen molar-refractivity contribution in [1.29, 1.82) is 0 Å². The summed E-state index contributed by atoms with van der Waals surface area (Å²) in [5.74, 6) is 1.89. The molecule has 0 spiro atoms. The molecule has 1 saturated heterocycles. The molecule has 2 aromatic rings. The summed E-state index contributed by atoms with van der Waals surface area (Å²) in [6.07, 6.45) is 2.96. The number of hydrogen-bond donors (Lipinski definition) is 1. The van der Waals surface area contributed by atoms with Crippen LogP contribution in [0.1, 0.15) is 28.8 Å². The van der Waals surface area contributed by atoms with Crippen LogP contribution in [0.2, 0.25) is 0 Å². The maximum Gasteiger partial charge on any atom is 0.193 e. The van der Waals surface area contributed by atoms with Gasteiger partial charge in [-0.3, -0.25) is 4.99 Å². The molecule has 1 aliphatic rings. The number of ether oxygens (including phenoxy) is 2. The molecule has 1 aliphatic heterocycles. The maximum atomic E-state index is 5.73. The summed E-state index contributed by atoms with van der Waals surface area (Å²) in [5.41, 5.74) is 2.50. The predicted molar refractivity (Wildman–Crippen MR) is 137 cm³/mol. The quantitative estimate of drug-likeness (QED) is 0.318. The fraction of sp³-hybridized carbons (Fsp3) is 0.522. The third kappa shape index (κ3) is 6.11. The largest absolute Gasteiger partial charge is 0.496 e. The average molecular weight is 544 g/mol. The summed E-state index contributed by atoms with van der Waals surface area (Å²) in [5, 5.41) is 5.78. The molecule has 0 unspecified atom stereocenters. The molecular formula is C23H34IN3O2S. The van der Waals surface area contributed by atoms with E-state index in [2.05, 4.69) is 64.9 Å². The molecule has 0 amide bonds. The second-order valence-electron chi connectivity index (χ2n) is 7.75. The highest BCUT2D eigenvalue weighted by Crippen LogP contribution is 2.40. The Balaban J connectivity index is 0.00000320. The number of hydrogen-bond acceptors (Lipinski definition) is 4. The van der Waals surface area contributed by atoms with Crippen molar-refractivity contribution in [3.63, 3.8) is 0 Å². The van der Waals surface area contributed by atoms with Crippen LogP contribution in [0, 0.1) is 6.92 Å². The SMILES string of the molecule is CN=C(NCC1(c2cc(C)ccc2OC)CCOCC1)N(C)CCc1cccs1.I. The number of guanidine groups is 1. The molecule has 1 aromatic carbocycles. The average Bonchev–Trinajstić information content (AvgIpc) is 3.27. The van der Waals surface area contributed by atoms with Crippen LogP contribution in [0.15, 0.2) is 40.7 Å². The lowest BCUT2D eigenvalue weighted by atomic mass is 9.73. The summed E-state index contributed by atoms with van der Waals surface area (Å²) in [7, 11) is 5.71. The summed E-state index contributed by atoms with van der Waals surface area (Å²) in [6, 6.07) is 10.8. The van der Waals surface area contributed by atoms with E-state index >= 15 is 0 Å². The van der Waals surface area contributed by atoms with Gasteiger partial charge in [0.2, 0.25) is 0 Å². The second-order valence-corrected chi connectivity index (χ2v) is 8.78. The van der Waals surface area contributed by atoms with Gasteiger partial charge in [0.25, 0.3) is 0 Å². The molecule has 30 heavy (non-hydrogen) atoms. The number of halogens is 1. The molecule has 1 N–H and O–H groups in total. The third-order valence-electron chi connectivity index (χ3n) is 5.81. The molecule has 2 heterocycles. The normalized spacial score (nSPS) is 15.9. The van der Waals surface area contributed by atoms with E-state index in [1.807, 2.05) is 18.4 Å². The second kappa shape index (κ2) is 11.9. The first-order valence-corrected chi connectivity index (χ1v) is 11.1. The smallest absolute Gasteiger partial charge is 0.193 e. The Labute approximate surface area is 201 Å². The van der Waals surface area contributed by atoms with E-state index in [9.17, 15) is 0 Å². The molecule has 0 radical (unpaired) electrons. The van der Waals surface area contributed by atoms with Crippen molar-refractivity contribution in [2.75, 3.05) is 47.5 Å². The Bertz CT molecular complexity index is 805. The van der Waals surface area contributed by atoms with E-state index < -0.39 is 0 Å². The summed E-state index contributed by atoms with van der Waals surface area (Å²) in [6.45, 7) is 5.42. The van der Waals surface area contributed by atoms with Crippen molar-refractivity contribution in [1.82, 2.24) is 10.2 Å². The van der Waals surface area contributed by atoms with Crippen LogP contribution < -0.4 is 10.1 Å². The van der Waals surface area contributed by atoms with Gasteiger partial charge in [-0.1, -0.05) is 23.8 Å². The highest BCUT2D eigenvalue weighted by atomic mass is 127. The van der Waals surface area contributed by atoms with Crippen molar-refractivity contribution >= 4 is 41.3 Å². The van der Waals surface area contributed by atoms with Crippen LogP contribution >= 0.6 is 35.3 Å². The first-order chi connectivity index (χ1) is 14.1. The number of likely N-dealkylation sites (N-methyl/N-ethyl adjacent to an activating group) is 1. The number of rotatable bonds is 7. The molecule has 0 atom stereocenters. The van der Waals surface area contributed by atoms with E-state index in [1.165, 1.54) is 16.0 Å². The van der Waals surface area contributed by atoms with Gasteiger partial charge in [0, 0.05) is 56.3 Å². The monoisotopic (exact) mass is 543 g/mol. The van der Waals surface area contributed by atoms with Gasteiger partial charge in [0.1, 0.15) is 5.75 Å². The van der Waals surface area contributed by atoms with Crippen LogP contribution in [-0.4, -0.2) is 58.4 Å². The lowest BCUT2D eigenvalue weighted by Crippen LogP contribution is -2.49. The van der Waals surface area contributed by atoms with Gasteiger partial charge in [-0.2, -0.15) is 0 Å². The minimum atomic E-state index is -0.0276. The van der Waals surface area contributed by atoms with Gasteiger partial charge in [-0.05, 0) is 43.7 Å². The third-order valence-corrected chi connectivity index (χ3v) is 6.74. The standard InChI is InChI=1S/C23H33N3O2S.HI/c1-18-7-8-21(27-4)20(16-18)23(10-13-28-14-11-23)17-25-22(24-2)26(3)12-9-19-6-5-15-29-19;/h5-8,15-16H,9-14,17H2,1-4H3,(H,24,25);1H. The Hall–Kier alpha value is -1.32. The van der Waals surface area contributed by atoms with Crippen molar-refractivity contribution in [3.05, 3.63) is 51.7 Å². The number of aliphatic imine (C=N–C) groups is 1. The fourth-order valence-electron chi connectivity index (χ4n) is 4.01. The maximum absolute atomic E-state index is 5.73. The number of nitrogens with one attached hydrogen (secondary N) is 1. The van der Waals surface area contributed by atoms with E-state index in [0.717, 1.165) is 57.3 Å². The van der Waals surface area contributed by atoms with Crippen molar-refractivity contribution in [2.24, 2.45) is 4.99 Å². The van der Waals surface area contributed by atoms with Gasteiger partial charge < -0.3 is 19.7 Å². The Morgan fingerprint density at radius 3 is 2.70 bits per heavy atom. The number of methoxy groups -OCH3 is 1. The summed E-state index contributed by atoms with van der Waals surface area (Å²) in [4.78, 5) is 8.14. The highest BCUT2D eigenvalue weighted by molar-refractivity contribution is 14.0. The first-order valence-electron chi connectivity index (χ1n) is 10.2. The number of nitrogens with zero attached hydrogens (tertiary/aromatic N) is 2.